The number of amides is 2. The van der Waals surface area contributed by atoms with Gasteiger partial charge in [-0.25, -0.2) is 0 Å². The maximum Gasteiger partial charge on any atom is 0.258 e. The Morgan fingerprint density at radius 3 is 2.18 bits per heavy atom. The van der Waals surface area contributed by atoms with E-state index in [1.54, 1.807) is 24.3 Å². The van der Waals surface area contributed by atoms with E-state index in [1.807, 2.05) is 0 Å². The minimum Gasteiger partial charge on any atom is -0.288 e. The molecule has 0 fully saturated rings. The van der Waals surface area contributed by atoms with E-state index in [9.17, 15) is 9.59 Å². The number of imide groups is 1. The third kappa shape index (κ3) is 4.28. The summed E-state index contributed by atoms with van der Waals surface area (Å²) < 4.78 is 0. The van der Waals surface area contributed by atoms with Crippen LogP contribution in [0.2, 0.25) is 0 Å². The highest BCUT2D eigenvalue weighted by molar-refractivity contribution is 6.21. The van der Waals surface area contributed by atoms with Crippen LogP contribution in [0.1, 0.15) is 58.3 Å². The molecule has 1 aliphatic rings. The fourth-order valence-electron chi connectivity index (χ4n) is 3.35. The van der Waals surface area contributed by atoms with Gasteiger partial charge in [0.15, 0.2) is 0 Å². The summed E-state index contributed by atoms with van der Waals surface area (Å²) in [4.78, 5) is 26.7. The summed E-state index contributed by atoms with van der Waals surface area (Å²) >= 11 is 0. The Bertz CT molecular complexity index is 1000. The van der Waals surface area contributed by atoms with Crippen LogP contribution in [0.3, 0.4) is 0 Å². The van der Waals surface area contributed by atoms with E-state index in [0.717, 1.165) is 18.4 Å². The minimum absolute atomic E-state index is 0.300. The van der Waals surface area contributed by atoms with E-state index in [0.29, 0.717) is 17.0 Å². The molecule has 0 bridgehead atoms. The molecule has 0 spiro atoms. The summed E-state index contributed by atoms with van der Waals surface area (Å²) in [5, 5.41) is 3.47. The fourth-order valence-corrected chi connectivity index (χ4v) is 3.35. The van der Waals surface area contributed by atoms with Crippen LogP contribution >= 0.6 is 0 Å². The van der Waals surface area contributed by atoms with Crippen molar-refractivity contribution in [3.05, 3.63) is 76.5 Å². The molecular formula is C24H26N2O2. The van der Waals surface area contributed by atoms with Crippen molar-refractivity contribution in [3.63, 3.8) is 0 Å². The van der Waals surface area contributed by atoms with Crippen LogP contribution in [0.15, 0.2) is 48.5 Å². The molecule has 4 nitrogen and oxygen atoms in total. The Balaban J connectivity index is 0.000000176. The molecule has 1 aromatic heterocycles. The fraction of sp³-hybridized carbons (Fsp3) is 0.292. The van der Waals surface area contributed by atoms with Crippen LogP contribution in [0.25, 0.3) is 10.9 Å². The van der Waals surface area contributed by atoms with Gasteiger partial charge in [0.2, 0.25) is 0 Å². The van der Waals surface area contributed by atoms with Gasteiger partial charge in [0.05, 0.1) is 16.6 Å². The van der Waals surface area contributed by atoms with Gasteiger partial charge in [0, 0.05) is 11.1 Å². The normalized spacial score (nSPS) is 12.6. The number of nitrogens with one attached hydrogen (secondary N) is 1. The van der Waals surface area contributed by atoms with E-state index in [1.165, 1.54) is 22.2 Å². The molecule has 144 valence electrons. The van der Waals surface area contributed by atoms with Gasteiger partial charge in [-0.3, -0.25) is 19.9 Å². The number of carbonyl (C=O) groups is 2. The average Bonchev–Trinajstić information content (AvgIpc) is 2.95. The Kier molecular flexibility index (Phi) is 5.88. The van der Waals surface area contributed by atoms with Crippen molar-refractivity contribution < 1.29 is 9.59 Å². The summed E-state index contributed by atoms with van der Waals surface area (Å²) in [5.41, 5.74) is 6.04. The lowest BCUT2D eigenvalue weighted by Gasteiger charge is -2.11. The van der Waals surface area contributed by atoms with Gasteiger partial charge < -0.3 is 0 Å². The van der Waals surface area contributed by atoms with Gasteiger partial charge in [0.25, 0.3) is 11.8 Å². The lowest BCUT2D eigenvalue weighted by molar-refractivity contribution is 0.0879. The second-order valence-electron chi connectivity index (χ2n) is 7.57. The molecule has 1 N–H and O–H groups in total. The number of benzene rings is 2. The number of fused-ring (bicyclic) bond motifs is 2. The lowest BCUT2D eigenvalue weighted by Crippen LogP contribution is -2.19. The monoisotopic (exact) mass is 374 g/mol. The van der Waals surface area contributed by atoms with Crippen molar-refractivity contribution in [2.24, 2.45) is 5.92 Å². The second kappa shape index (κ2) is 8.34. The first-order valence-electron chi connectivity index (χ1n) is 9.73. The summed E-state index contributed by atoms with van der Waals surface area (Å²) in [7, 11) is 0. The largest absolute Gasteiger partial charge is 0.288 e. The summed E-state index contributed by atoms with van der Waals surface area (Å²) in [5.74, 6) is 0.0614. The number of aryl methyl sites for hydroxylation is 2. The Morgan fingerprint density at radius 2 is 1.61 bits per heavy atom. The van der Waals surface area contributed by atoms with E-state index < -0.39 is 0 Å². The summed E-state index contributed by atoms with van der Waals surface area (Å²) in [6, 6.07) is 15.6. The molecule has 28 heavy (non-hydrogen) atoms. The molecule has 0 saturated heterocycles. The number of hydrogen-bond acceptors (Lipinski definition) is 3. The molecule has 4 rings (SSSR count). The minimum atomic E-state index is -0.300. The van der Waals surface area contributed by atoms with Crippen LogP contribution in [0.4, 0.5) is 0 Å². The molecule has 3 aromatic rings. The van der Waals surface area contributed by atoms with E-state index >= 15 is 0 Å². The first-order chi connectivity index (χ1) is 13.4. The molecule has 1 aliphatic heterocycles. The first-order valence-corrected chi connectivity index (χ1v) is 9.73. The molecule has 4 heteroatoms. The highest BCUT2D eigenvalue weighted by Gasteiger charge is 2.25. The van der Waals surface area contributed by atoms with E-state index in [2.05, 4.69) is 57.3 Å². The van der Waals surface area contributed by atoms with Gasteiger partial charge in [-0.05, 0) is 61.1 Å². The number of aromatic nitrogens is 1. The number of carbonyl (C=O) groups excluding carboxylic acids is 2. The Hall–Kier alpha value is -3.01. The van der Waals surface area contributed by atoms with Gasteiger partial charge in [-0.15, -0.1) is 0 Å². The zero-order valence-corrected chi connectivity index (χ0v) is 16.9. The maximum absolute atomic E-state index is 10.9. The molecule has 2 amide bonds. The zero-order valence-electron chi connectivity index (χ0n) is 16.9. The summed E-state index contributed by atoms with van der Waals surface area (Å²) in [6.45, 7) is 8.83. The highest BCUT2D eigenvalue weighted by atomic mass is 16.2. The standard InChI is InChI=1S/C16H21N.C8H5NO2/c1-5-13-10-14-7-6-12(4)9-16(14)17-15(13)8-11(2)3;10-7-5-3-1-2-4-6(5)8(11)9-7/h6-7,9-11H,5,8H2,1-4H3;1-4H,(H,9,10,11). The van der Waals surface area contributed by atoms with Crippen molar-refractivity contribution in [3.8, 4) is 0 Å². The van der Waals surface area contributed by atoms with Crippen molar-refractivity contribution in [1.29, 1.82) is 0 Å². The molecular weight excluding hydrogens is 348 g/mol. The average molecular weight is 374 g/mol. The number of rotatable bonds is 3. The number of pyridine rings is 1. The van der Waals surface area contributed by atoms with Gasteiger partial charge >= 0.3 is 0 Å². The van der Waals surface area contributed by atoms with Crippen molar-refractivity contribution in [2.45, 2.75) is 40.5 Å². The van der Waals surface area contributed by atoms with Gasteiger partial charge in [-0.1, -0.05) is 45.0 Å². The van der Waals surface area contributed by atoms with Crippen molar-refractivity contribution in [1.82, 2.24) is 10.3 Å². The van der Waals surface area contributed by atoms with E-state index in [-0.39, 0.29) is 11.8 Å². The van der Waals surface area contributed by atoms with Crippen LogP contribution in [0.5, 0.6) is 0 Å². The van der Waals surface area contributed by atoms with E-state index in [4.69, 9.17) is 4.98 Å². The molecule has 0 radical (unpaired) electrons. The Labute approximate surface area is 166 Å². The van der Waals surface area contributed by atoms with Crippen LogP contribution < -0.4 is 5.32 Å². The number of hydrogen-bond donors (Lipinski definition) is 1. The number of nitrogens with zero attached hydrogens (tertiary/aromatic N) is 1. The summed E-state index contributed by atoms with van der Waals surface area (Å²) in [6.07, 6.45) is 2.14. The van der Waals surface area contributed by atoms with Crippen molar-refractivity contribution >= 4 is 22.7 Å². The first kappa shape index (κ1) is 19.7. The van der Waals surface area contributed by atoms with Gasteiger partial charge in [0.1, 0.15) is 0 Å². The zero-order chi connectivity index (χ0) is 20.3. The predicted molar refractivity (Wildman–Crippen MR) is 113 cm³/mol. The molecule has 0 aliphatic carbocycles. The smallest absolute Gasteiger partial charge is 0.258 e. The third-order valence-corrected chi connectivity index (χ3v) is 4.77. The molecule has 2 heterocycles. The third-order valence-electron chi connectivity index (χ3n) is 4.77. The Morgan fingerprint density at radius 1 is 0.964 bits per heavy atom. The second-order valence-corrected chi connectivity index (χ2v) is 7.57. The SMILES string of the molecule is CCc1cc2ccc(C)cc2nc1CC(C)C.O=C1NC(=O)c2ccccc21. The topological polar surface area (TPSA) is 59.1 Å². The van der Waals surface area contributed by atoms with Crippen LogP contribution in [-0.2, 0) is 12.8 Å². The molecule has 2 aromatic carbocycles. The maximum atomic E-state index is 10.9. The lowest BCUT2D eigenvalue weighted by atomic mass is 9.99. The highest BCUT2D eigenvalue weighted by Crippen LogP contribution is 2.20. The van der Waals surface area contributed by atoms with Crippen LogP contribution in [0, 0.1) is 12.8 Å². The predicted octanol–water partition coefficient (Wildman–Crippen LogP) is 4.87. The van der Waals surface area contributed by atoms with Crippen LogP contribution in [-0.4, -0.2) is 16.8 Å². The van der Waals surface area contributed by atoms with Crippen molar-refractivity contribution in [2.75, 3.05) is 0 Å². The quantitative estimate of drug-likeness (QED) is 0.665. The molecule has 0 saturated carbocycles. The molecule has 0 unspecified atom stereocenters. The van der Waals surface area contributed by atoms with Gasteiger partial charge in [-0.2, -0.15) is 0 Å². The molecule has 0 atom stereocenters.